The molecule has 0 aliphatic carbocycles. The van der Waals surface area contributed by atoms with E-state index in [0.29, 0.717) is 5.75 Å². The van der Waals surface area contributed by atoms with Crippen molar-refractivity contribution in [2.24, 2.45) is 0 Å². The van der Waals surface area contributed by atoms with Crippen LogP contribution in [0.25, 0.3) is 0 Å². The Morgan fingerprint density at radius 2 is 2.21 bits per heavy atom. The molecule has 76 valence electrons. The molecule has 0 radical (unpaired) electrons. The zero-order valence-corrected chi connectivity index (χ0v) is 11.2. The molecule has 0 saturated carbocycles. The average Bonchev–Trinajstić information content (AvgIpc) is 2.09. The van der Waals surface area contributed by atoms with E-state index in [0.717, 1.165) is 10.0 Å². The van der Waals surface area contributed by atoms with Crippen molar-refractivity contribution in [3.05, 3.63) is 28.2 Å². The lowest BCUT2D eigenvalue weighted by molar-refractivity contribution is -0.114. The first-order valence-electron chi connectivity index (χ1n) is 3.77. The lowest BCUT2D eigenvalue weighted by Gasteiger charge is -2.10. The largest absolute Gasteiger partial charge is 0.469 e. The molecule has 0 amide bonds. The Hall–Kier alpha value is -0.0600. The van der Waals surface area contributed by atoms with Gasteiger partial charge >= 0.3 is 0 Å². The number of ether oxygens (including phenoxy) is 1. The lowest BCUT2D eigenvalue weighted by Crippen LogP contribution is -2.15. The molecule has 0 saturated heterocycles. The number of rotatable bonds is 3. The van der Waals surface area contributed by atoms with E-state index in [9.17, 15) is 4.79 Å². The summed E-state index contributed by atoms with van der Waals surface area (Å²) in [6.45, 7) is 1.97. The summed E-state index contributed by atoms with van der Waals surface area (Å²) in [6.07, 6.45) is 0. The van der Waals surface area contributed by atoms with Crippen LogP contribution in [-0.2, 0) is 4.79 Å². The van der Waals surface area contributed by atoms with Gasteiger partial charge in [0.1, 0.15) is 5.75 Å². The minimum Gasteiger partial charge on any atom is -0.469 e. The first-order chi connectivity index (χ1) is 6.50. The summed E-state index contributed by atoms with van der Waals surface area (Å²) in [6, 6.07) is 5.56. The molecule has 1 aromatic carbocycles. The zero-order chi connectivity index (χ0) is 10.7. The Morgan fingerprint density at radius 3 is 2.71 bits per heavy atom. The third-order valence-electron chi connectivity index (χ3n) is 1.50. The van der Waals surface area contributed by atoms with Gasteiger partial charge in [-0.1, -0.05) is 6.07 Å². The van der Waals surface area contributed by atoms with Gasteiger partial charge < -0.3 is 4.74 Å². The molecule has 0 fully saturated rings. The SMILES string of the molecule is Cc1ccc(OC(Br)C(=O)Cl)c(Br)c1. The highest BCUT2D eigenvalue weighted by Gasteiger charge is 2.14. The van der Waals surface area contributed by atoms with Crippen LogP contribution in [0.1, 0.15) is 5.56 Å². The Bertz CT molecular complexity index is 355. The maximum absolute atomic E-state index is 10.7. The predicted octanol–water partition coefficient (Wildman–Crippen LogP) is 3.62. The predicted molar refractivity (Wildman–Crippen MR) is 63.1 cm³/mol. The van der Waals surface area contributed by atoms with Crippen LogP contribution < -0.4 is 4.74 Å². The van der Waals surface area contributed by atoms with E-state index in [2.05, 4.69) is 31.9 Å². The Morgan fingerprint density at radius 1 is 1.57 bits per heavy atom. The first-order valence-corrected chi connectivity index (χ1v) is 5.85. The molecular weight excluding hydrogens is 335 g/mol. The molecule has 1 aromatic rings. The van der Waals surface area contributed by atoms with Crippen molar-refractivity contribution in [2.45, 2.75) is 11.9 Å². The van der Waals surface area contributed by atoms with E-state index in [4.69, 9.17) is 16.3 Å². The molecule has 0 aliphatic heterocycles. The minimum absolute atomic E-state index is 0.575. The highest BCUT2D eigenvalue weighted by Crippen LogP contribution is 2.27. The van der Waals surface area contributed by atoms with Gasteiger partial charge in [0, 0.05) is 0 Å². The smallest absolute Gasteiger partial charge is 0.273 e. The summed E-state index contributed by atoms with van der Waals surface area (Å²) in [7, 11) is 0. The molecule has 1 atom stereocenters. The van der Waals surface area contributed by atoms with Gasteiger partial charge in [-0.3, -0.25) is 4.79 Å². The normalized spacial score (nSPS) is 12.3. The van der Waals surface area contributed by atoms with E-state index in [1.807, 2.05) is 19.1 Å². The van der Waals surface area contributed by atoms with E-state index in [1.54, 1.807) is 6.07 Å². The van der Waals surface area contributed by atoms with Crippen molar-refractivity contribution < 1.29 is 9.53 Å². The molecular formula is C9H7Br2ClO2. The van der Waals surface area contributed by atoms with Gasteiger partial charge in [-0.05, 0) is 68.1 Å². The number of halogens is 3. The maximum Gasteiger partial charge on any atom is 0.273 e. The molecule has 0 spiro atoms. The van der Waals surface area contributed by atoms with Crippen LogP contribution in [0.4, 0.5) is 0 Å². The number of hydrogen-bond donors (Lipinski definition) is 0. The molecule has 2 nitrogen and oxygen atoms in total. The van der Waals surface area contributed by atoms with Crippen LogP contribution in [0.3, 0.4) is 0 Å². The molecule has 0 aliphatic rings. The van der Waals surface area contributed by atoms with Gasteiger partial charge in [-0.15, -0.1) is 0 Å². The van der Waals surface area contributed by atoms with E-state index in [-0.39, 0.29) is 0 Å². The Balaban J connectivity index is 2.82. The number of aryl methyl sites for hydroxylation is 1. The highest BCUT2D eigenvalue weighted by molar-refractivity contribution is 9.10. The van der Waals surface area contributed by atoms with E-state index in [1.165, 1.54) is 0 Å². The number of hydrogen-bond acceptors (Lipinski definition) is 2. The van der Waals surface area contributed by atoms with Crippen molar-refractivity contribution in [1.29, 1.82) is 0 Å². The van der Waals surface area contributed by atoms with Gasteiger partial charge in [0.15, 0.2) is 0 Å². The van der Waals surface area contributed by atoms with Crippen LogP contribution in [0.5, 0.6) is 5.75 Å². The fourth-order valence-corrected chi connectivity index (χ4v) is 1.69. The fraction of sp³-hybridized carbons (Fsp3) is 0.222. The van der Waals surface area contributed by atoms with Gasteiger partial charge in [0.05, 0.1) is 4.47 Å². The van der Waals surface area contributed by atoms with Crippen molar-refractivity contribution in [3.63, 3.8) is 0 Å². The van der Waals surface area contributed by atoms with Crippen molar-refractivity contribution in [1.82, 2.24) is 0 Å². The Labute approximate surface area is 104 Å². The second-order valence-corrected chi connectivity index (χ2v) is 4.73. The quantitative estimate of drug-likeness (QED) is 0.619. The fourth-order valence-electron chi connectivity index (χ4n) is 0.859. The Kier molecular flexibility index (Phi) is 4.41. The van der Waals surface area contributed by atoms with Crippen LogP contribution in [-0.4, -0.2) is 10.3 Å². The number of benzene rings is 1. The summed E-state index contributed by atoms with van der Waals surface area (Å²) in [5, 5.41) is -1.40. The first kappa shape index (κ1) is 12.0. The molecule has 0 N–H and O–H groups in total. The summed E-state index contributed by atoms with van der Waals surface area (Å²) in [5.74, 6) is 0.575. The highest BCUT2D eigenvalue weighted by atomic mass is 79.9. The van der Waals surface area contributed by atoms with Gasteiger partial charge in [0.2, 0.25) is 5.01 Å². The standard InChI is InChI=1S/C9H7Br2ClO2/c1-5-2-3-7(6(10)4-5)14-8(11)9(12)13/h2-4,8H,1H3. The van der Waals surface area contributed by atoms with Crippen LogP contribution in [0, 0.1) is 6.92 Å². The zero-order valence-electron chi connectivity index (χ0n) is 7.26. The summed E-state index contributed by atoms with van der Waals surface area (Å²) in [5.41, 5.74) is 1.10. The third-order valence-corrected chi connectivity index (χ3v) is 3.18. The number of alkyl halides is 1. The second kappa shape index (κ2) is 5.14. The van der Waals surface area contributed by atoms with E-state index >= 15 is 0 Å². The van der Waals surface area contributed by atoms with Crippen molar-refractivity contribution in [2.75, 3.05) is 0 Å². The van der Waals surface area contributed by atoms with Crippen LogP contribution in [0.2, 0.25) is 0 Å². The molecule has 0 heterocycles. The topological polar surface area (TPSA) is 26.3 Å². The molecule has 1 unspecified atom stereocenters. The summed E-state index contributed by atoms with van der Waals surface area (Å²) >= 11 is 11.6. The van der Waals surface area contributed by atoms with Crippen LogP contribution >= 0.6 is 43.5 Å². The minimum atomic E-state index is -0.817. The van der Waals surface area contributed by atoms with Crippen LogP contribution in [0.15, 0.2) is 22.7 Å². The van der Waals surface area contributed by atoms with Crippen molar-refractivity contribution >= 4 is 48.7 Å². The van der Waals surface area contributed by atoms with E-state index < -0.39 is 10.3 Å². The second-order valence-electron chi connectivity index (χ2n) is 2.67. The molecule has 1 rings (SSSR count). The van der Waals surface area contributed by atoms with Crippen molar-refractivity contribution in [3.8, 4) is 5.75 Å². The summed E-state index contributed by atoms with van der Waals surface area (Å²) in [4.78, 5) is 10.7. The average molecular weight is 342 g/mol. The van der Waals surface area contributed by atoms with Gasteiger partial charge in [0.25, 0.3) is 5.24 Å². The summed E-state index contributed by atoms with van der Waals surface area (Å²) < 4.78 is 6.04. The number of carbonyl (C=O) groups is 1. The molecule has 0 bridgehead atoms. The molecule has 5 heteroatoms. The lowest BCUT2D eigenvalue weighted by atomic mass is 10.2. The third kappa shape index (κ3) is 3.26. The monoisotopic (exact) mass is 340 g/mol. The number of carbonyl (C=O) groups excluding carboxylic acids is 1. The molecule has 14 heavy (non-hydrogen) atoms. The molecule has 0 aromatic heterocycles. The van der Waals surface area contributed by atoms with Gasteiger partial charge in [-0.2, -0.15) is 0 Å². The maximum atomic E-state index is 10.7. The van der Waals surface area contributed by atoms with Gasteiger partial charge in [-0.25, -0.2) is 0 Å².